The summed E-state index contributed by atoms with van der Waals surface area (Å²) >= 11 is 1.72. The molecule has 0 radical (unpaired) electrons. The first-order valence-electron chi connectivity index (χ1n) is 5.16. The van der Waals surface area contributed by atoms with E-state index in [0.29, 0.717) is 0 Å². The predicted molar refractivity (Wildman–Crippen MR) is 69.4 cm³/mol. The summed E-state index contributed by atoms with van der Waals surface area (Å²) in [6.07, 6.45) is 2.02. The standard InChI is InChI=1S/C12H17NO2S/c1-10-3-5-11(6-4-10)13(7-8-16-2)9-12(14)15/h3-6H,7-9H2,1-2H3,(H,14,15). The third kappa shape index (κ3) is 4.14. The van der Waals surface area contributed by atoms with E-state index in [4.69, 9.17) is 5.11 Å². The molecule has 1 rings (SSSR count). The number of carboxylic acid groups (broad SMARTS) is 1. The van der Waals surface area contributed by atoms with Crippen LogP contribution in [-0.2, 0) is 4.79 Å². The van der Waals surface area contributed by atoms with Crippen LogP contribution in [0.2, 0.25) is 0 Å². The number of carboxylic acids is 1. The number of hydrogen-bond donors (Lipinski definition) is 1. The zero-order valence-corrected chi connectivity index (χ0v) is 10.5. The summed E-state index contributed by atoms with van der Waals surface area (Å²) in [6, 6.07) is 7.95. The Bertz CT molecular complexity index is 337. The van der Waals surface area contributed by atoms with Crippen LogP contribution in [0.1, 0.15) is 5.56 Å². The molecule has 0 fully saturated rings. The van der Waals surface area contributed by atoms with E-state index in [2.05, 4.69) is 0 Å². The van der Waals surface area contributed by atoms with Crippen LogP contribution in [0.5, 0.6) is 0 Å². The van der Waals surface area contributed by atoms with Crippen molar-refractivity contribution in [1.82, 2.24) is 0 Å². The minimum Gasteiger partial charge on any atom is -0.480 e. The van der Waals surface area contributed by atoms with Crippen molar-refractivity contribution in [2.24, 2.45) is 0 Å². The molecule has 0 amide bonds. The van der Waals surface area contributed by atoms with E-state index in [1.54, 1.807) is 11.8 Å². The Morgan fingerprint density at radius 2 is 2.00 bits per heavy atom. The fourth-order valence-electron chi connectivity index (χ4n) is 1.42. The Hall–Kier alpha value is -1.16. The van der Waals surface area contributed by atoms with Gasteiger partial charge in [-0.3, -0.25) is 4.79 Å². The third-order valence-corrected chi connectivity index (χ3v) is 2.88. The number of thioether (sulfide) groups is 1. The van der Waals surface area contributed by atoms with Crippen molar-refractivity contribution in [3.05, 3.63) is 29.8 Å². The van der Waals surface area contributed by atoms with Crippen molar-refractivity contribution in [1.29, 1.82) is 0 Å². The van der Waals surface area contributed by atoms with Crippen molar-refractivity contribution >= 4 is 23.4 Å². The van der Waals surface area contributed by atoms with Gasteiger partial charge >= 0.3 is 5.97 Å². The number of nitrogens with zero attached hydrogens (tertiary/aromatic N) is 1. The van der Waals surface area contributed by atoms with Gasteiger partial charge in [0.2, 0.25) is 0 Å². The zero-order valence-electron chi connectivity index (χ0n) is 9.64. The van der Waals surface area contributed by atoms with Gasteiger partial charge in [0.25, 0.3) is 0 Å². The van der Waals surface area contributed by atoms with Gasteiger partial charge in [-0.1, -0.05) is 17.7 Å². The first-order chi connectivity index (χ1) is 7.63. The average molecular weight is 239 g/mol. The Labute approximate surface area is 100 Å². The summed E-state index contributed by atoms with van der Waals surface area (Å²) in [5.74, 6) is 0.142. The molecule has 0 saturated carbocycles. The molecule has 16 heavy (non-hydrogen) atoms. The van der Waals surface area contributed by atoms with Crippen LogP contribution in [0.15, 0.2) is 24.3 Å². The van der Waals surface area contributed by atoms with E-state index in [1.165, 1.54) is 5.56 Å². The van der Waals surface area contributed by atoms with Crippen molar-refractivity contribution in [2.75, 3.05) is 30.0 Å². The van der Waals surface area contributed by atoms with Crippen LogP contribution in [0.4, 0.5) is 5.69 Å². The Balaban J connectivity index is 2.74. The van der Waals surface area contributed by atoms with Crippen molar-refractivity contribution in [2.45, 2.75) is 6.92 Å². The lowest BCUT2D eigenvalue weighted by Gasteiger charge is -2.22. The highest BCUT2D eigenvalue weighted by Gasteiger charge is 2.09. The second kappa shape index (κ2) is 6.43. The monoisotopic (exact) mass is 239 g/mol. The molecule has 0 saturated heterocycles. The molecule has 0 atom stereocenters. The van der Waals surface area contributed by atoms with Gasteiger partial charge in [-0.15, -0.1) is 0 Å². The van der Waals surface area contributed by atoms with Crippen molar-refractivity contribution < 1.29 is 9.90 Å². The lowest BCUT2D eigenvalue weighted by molar-refractivity contribution is -0.135. The molecular formula is C12H17NO2S. The number of rotatable bonds is 6. The van der Waals surface area contributed by atoms with E-state index in [9.17, 15) is 4.79 Å². The van der Waals surface area contributed by atoms with Crippen molar-refractivity contribution in [3.8, 4) is 0 Å². The highest BCUT2D eigenvalue weighted by atomic mass is 32.2. The van der Waals surface area contributed by atoms with Crippen LogP contribution < -0.4 is 4.90 Å². The summed E-state index contributed by atoms with van der Waals surface area (Å²) in [7, 11) is 0. The maximum absolute atomic E-state index is 10.8. The molecule has 0 aliphatic heterocycles. The molecule has 1 aromatic carbocycles. The summed E-state index contributed by atoms with van der Waals surface area (Å²) < 4.78 is 0. The van der Waals surface area contributed by atoms with Crippen LogP contribution >= 0.6 is 11.8 Å². The van der Waals surface area contributed by atoms with Gasteiger partial charge in [-0.2, -0.15) is 11.8 Å². The molecule has 1 N–H and O–H groups in total. The fraction of sp³-hybridized carbons (Fsp3) is 0.417. The van der Waals surface area contributed by atoms with Crippen LogP contribution in [-0.4, -0.2) is 36.2 Å². The van der Waals surface area contributed by atoms with E-state index < -0.39 is 5.97 Å². The summed E-state index contributed by atoms with van der Waals surface area (Å²) in [6.45, 7) is 2.84. The van der Waals surface area contributed by atoms with E-state index in [1.807, 2.05) is 42.3 Å². The number of carbonyl (C=O) groups is 1. The maximum Gasteiger partial charge on any atom is 0.323 e. The second-order valence-electron chi connectivity index (χ2n) is 3.64. The van der Waals surface area contributed by atoms with Gasteiger partial charge in [0.05, 0.1) is 0 Å². The van der Waals surface area contributed by atoms with Gasteiger partial charge in [-0.05, 0) is 25.3 Å². The van der Waals surface area contributed by atoms with E-state index in [-0.39, 0.29) is 6.54 Å². The molecular weight excluding hydrogens is 222 g/mol. The topological polar surface area (TPSA) is 40.5 Å². The zero-order chi connectivity index (χ0) is 12.0. The molecule has 0 unspecified atom stereocenters. The van der Waals surface area contributed by atoms with E-state index >= 15 is 0 Å². The second-order valence-corrected chi connectivity index (χ2v) is 4.63. The molecule has 88 valence electrons. The molecule has 0 bridgehead atoms. The molecule has 0 aliphatic rings. The lowest BCUT2D eigenvalue weighted by Crippen LogP contribution is -2.31. The van der Waals surface area contributed by atoms with Gasteiger partial charge in [-0.25, -0.2) is 0 Å². The predicted octanol–water partition coefficient (Wildman–Crippen LogP) is 2.25. The molecule has 0 heterocycles. The molecule has 1 aromatic rings. The maximum atomic E-state index is 10.8. The van der Waals surface area contributed by atoms with Crippen molar-refractivity contribution in [3.63, 3.8) is 0 Å². The van der Waals surface area contributed by atoms with Gasteiger partial charge < -0.3 is 10.0 Å². The van der Waals surface area contributed by atoms with Gasteiger partial charge in [0.15, 0.2) is 0 Å². The summed E-state index contributed by atoms with van der Waals surface area (Å²) in [5.41, 5.74) is 2.16. The van der Waals surface area contributed by atoms with Crippen LogP contribution in [0, 0.1) is 6.92 Å². The minimum atomic E-state index is -0.790. The Morgan fingerprint density at radius 3 is 2.50 bits per heavy atom. The molecule has 0 aliphatic carbocycles. The smallest absolute Gasteiger partial charge is 0.323 e. The fourth-order valence-corrected chi connectivity index (χ4v) is 1.82. The summed E-state index contributed by atoms with van der Waals surface area (Å²) in [4.78, 5) is 12.7. The minimum absolute atomic E-state index is 0.0591. The van der Waals surface area contributed by atoms with Crippen LogP contribution in [0.25, 0.3) is 0 Å². The highest BCUT2D eigenvalue weighted by Crippen LogP contribution is 2.15. The summed E-state index contributed by atoms with van der Waals surface area (Å²) in [5, 5.41) is 8.85. The molecule has 0 spiro atoms. The Morgan fingerprint density at radius 1 is 1.38 bits per heavy atom. The van der Waals surface area contributed by atoms with E-state index in [0.717, 1.165) is 18.0 Å². The first kappa shape index (κ1) is 12.9. The molecule has 4 heteroatoms. The average Bonchev–Trinajstić information content (AvgIpc) is 2.25. The number of benzene rings is 1. The first-order valence-corrected chi connectivity index (χ1v) is 6.55. The largest absolute Gasteiger partial charge is 0.480 e. The Kier molecular flexibility index (Phi) is 5.19. The van der Waals surface area contributed by atoms with Crippen LogP contribution in [0.3, 0.4) is 0 Å². The van der Waals surface area contributed by atoms with Gasteiger partial charge in [0, 0.05) is 18.0 Å². The lowest BCUT2D eigenvalue weighted by atomic mass is 10.2. The van der Waals surface area contributed by atoms with Gasteiger partial charge in [0.1, 0.15) is 6.54 Å². The number of aliphatic carboxylic acids is 1. The SMILES string of the molecule is CSCCN(CC(=O)O)c1ccc(C)cc1. The number of hydrogen-bond acceptors (Lipinski definition) is 3. The third-order valence-electron chi connectivity index (χ3n) is 2.29. The molecule has 0 aromatic heterocycles. The highest BCUT2D eigenvalue weighted by molar-refractivity contribution is 7.98. The quantitative estimate of drug-likeness (QED) is 0.826. The number of anilines is 1. The number of aryl methyl sites for hydroxylation is 1. The normalized spacial score (nSPS) is 10.1. The molecule has 3 nitrogen and oxygen atoms in total.